The van der Waals surface area contributed by atoms with Crippen molar-refractivity contribution in [2.75, 3.05) is 0 Å². The van der Waals surface area contributed by atoms with Crippen LogP contribution in [0.2, 0.25) is 0 Å². The summed E-state index contributed by atoms with van der Waals surface area (Å²) in [5.74, 6) is 0.883. The Morgan fingerprint density at radius 2 is 0.667 bits per heavy atom. The van der Waals surface area contributed by atoms with Gasteiger partial charge in [-0.1, -0.05) is 158 Å². The second-order valence-corrected chi connectivity index (χ2v) is 15.6. The Kier molecular flexibility index (Phi) is 6.84. The maximum atomic E-state index is 2.45. The van der Waals surface area contributed by atoms with Crippen LogP contribution in [0.15, 0.2) is 158 Å². The van der Waals surface area contributed by atoms with Crippen molar-refractivity contribution < 1.29 is 0 Å². The molecule has 42 heavy (non-hydrogen) atoms. The highest BCUT2D eigenvalue weighted by atomic mass is 31.1. The fourth-order valence-electron chi connectivity index (χ4n) is 7.31. The summed E-state index contributed by atoms with van der Waals surface area (Å²) >= 11 is 0. The lowest BCUT2D eigenvalue weighted by atomic mass is 9.64. The quantitative estimate of drug-likeness (QED) is 0.180. The van der Waals surface area contributed by atoms with Crippen molar-refractivity contribution in [1.29, 1.82) is 0 Å². The van der Waals surface area contributed by atoms with Crippen LogP contribution in [0.3, 0.4) is 0 Å². The normalized spacial score (nSPS) is 16.8. The molecule has 6 aromatic carbocycles. The Bertz CT molecular complexity index is 1620. The van der Waals surface area contributed by atoms with Gasteiger partial charge in [0, 0.05) is 11.8 Å². The predicted octanol–water partition coefficient (Wildman–Crippen LogP) is 7.57. The molecule has 2 heteroatoms. The summed E-state index contributed by atoms with van der Waals surface area (Å²) < 4.78 is 0. The summed E-state index contributed by atoms with van der Waals surface area (Å²) in [5, 5.41) is 8.80. The molecular weight excluding hydrogens is 542 g/mol. The molecule has 0 spiro atoms. The average molecular weight is 575 g/mol. The van der Waals surface area contributed by atoms with Gasteiger partial charge < -0.3 is 0 Å². The van der Waals surface area contributed by atoms with Crippen molar-refractivity contribution in [3.8, 4) is 0 Å². The number of rotatable bonds is 6. The van der Waals surface area contributed by atoms with Crippen LogP contribution >= 0.6 is 15.8 Å². The van der Waals surface area contributed by atoms with Gasteiger partial charge in [-0.3, -0.25) is 0 Å². The predicted molar refractivity (Wildman–Crippen MR) is 183 cm³/mol. The smallest absolute Gasteiger partial charge is 0.0109 e. The molecule has 0 amide bonds. The number of hydrogen-bond acceptors (Lipinski definition) is 0. The standard InChI is InChI=1S/C40H32P2/c1-5-15-29(16-6-1)41(30-17-7-2-8-18-30)37-25-13-23-34-33-27-28-36(39(34)37)40-35(33)24-14-26-38(40)42(31-19-9-3-10-20-31)32-21-11-4-12-22-32/h1-26,33,36H,27-28H2. The molecule has 202 valence electrons. The summed E-state index contributed by atoms with van der Waals surface area (Å²) in [6.45, 7) is 0. The molecule has 0 N–H and O–H groups in total. The molecule has 0 fully saturated rings. The van der Waals surface area contributed by atoms with E-state index in [2.05, 4.69) is 158 Å². The third kappa shape index (κ3) is 4.37. The lowest BCUT2D eigenvalue weighted by Gasteiger charge is -2.44. The van der Waals surface area contributed by atoms with Gasteiger partial charge in [-0.15, -0.1) is 0 Å². The van der Waals surface area contributed by atoms with Crippen molar-refractivity contribution in [3.63, 3.8) is 0 Å². The van der Waals surface area contributed by atoms with Gasteiger partial charge in [0.2, 0.25) is 0 Å². The number of hydrogen-bond donors (Lipinski definition) is 0. The van der Waals surface area contributed by atoms with Crippen LogP contribution in [-0.4, -0.2) is 0 Å². The van der Waals surface area contributed by atoms with Crippen LogP contribution in [-0.2, 0) is 0 Å². The molecule has 0 heterocycles. The average Bonchev–Trinajstić information content (AvgIpc) is 3.07. The van der Waals surface area contributed by atoms with E-state index >= 15 is 0 Å². The zero-order chi connectivity index (χ0) is 27.9. The molecule has 3 aliphatic rings. The third-order valence-corrected chi connectivity index (χ3v) is 14.0. The zero-order valence-corrected chi connectivity index (χ0v) is 25.3. The molecule has 2 bridgehead atoms. The molecule has 0 radical (unpaired) electrons. The van der Waals surface area contributed by atoms with Crippen LogP contribution in [0.4, 0.5) is 0 Å². The lowest BCUT2D eigenvalue weighted by Crippen LogP contribution is -2.36. The van der Waals surface area contributed by atoms with Crippen LogP contribution in [0.25, 0.3) is 0 Å². The third-order valence-electron chi connectivity index (χ3n) is 8.96. The molecule has 0 aromatic heterocycles. The fourth-order valence-corrected chi connectivity index (χ4v) is 12.4. The molecule has 0 unspecified atom stereocenters. The van der Waals surface area contributed by atoms with E-state index in [1.165, 1.54) is 34.1 Å². The van der Waals surface area contributed by atoms with E-state index in [1.807, 2.05) is 0 Å². The summed E-state index contributed by atoms with van der Waals surface area (Å²) in [6.07, 6.45) is 2.46. The van der Waals surface area contributed by atoms with Gasteiger partial charge in [-0.2, -0.15) is 0 Å². The van der Waals surface area contributed by atoms with E-state index in [1.54, 1.807) is 32.9 Å². The maximum Gasteiger partial charge on any atom is 0.0109 e. The summed E-state index contributed by atoms with van der Waals surface area (Å²) in [5.41, 5.74) is 6.36. The van der Waals surface area contributed by atoms with Crippen molar-refractivity contribution >= 4 is 47.7 Å². The van der Waals surface area contributed by atoms with Gasteiger partial charge in [0.15, 0.2) is 0 Å². The van der Waals surface area contributed by atoms with E-state index in [9.17, 15) is 0 Å². The first-order valence-electron chi connectivity index (χ1n) is 14.9. The Balaban J connectivity index is 1.35. The Labute approximate surface area is 251 Å². The van der Waals surface area contributed by atoms with Crippen LogP contribution in [0.1, 0.15) is 46.9 Å². The monoisotopic (exact) mass is 574 g/mol. The number of benzene rings is 6. The fraction of sp³-hybridized carbons (Fsp3) is 0.100. The van der Waals surface area contributed by atoms with E-state index in [0.29, 0.717) is 11.8 Å². The molecule has 6 aromatic rings. The van der Waals surface area contributed by atoms with Crippen LogP contribution in [0, 0.1) is 0 Å². The van der Waals surface area contributed by atoms with Crippen molar-refractivity contribution in [1.82, 2.24) is 0 Å². The summed E-state index contributed by atoms with van der Waals surface area (Å²) in [7, 11) is -1.34. The highest BCUT2D eigenvalue weighted by molar-refractivity contribution is 7.80. The van der Waals surface area contributed by atoms with E-state index in [4.69, 9.17) is 0 Å². The van der Waals surface area contributed by atoms with Crippen molar-refractivity contribution in [3.05, 3.63) is 180 Å². The second kappa shape index (κ2) is 11.1. The van der Waals surface area contributed by atoms with Crippen LogP contribution in [0.5, 0.6) is 0 Å². The highest BCUT2D eigenvalue weighted by Crippen LogP contribution is 2.55. The Hall–Kier alpha value is -3.82. The molecule has 3 aliphatic carbocycles. The van der Waals surface area contributed by atoms with Gasteiger partial charge in [0.05, 0.1) is 0 Å². The van der Waals surface area contributed by atoms with Gasteiger partial charge in [-0.05, 0) is 82.8 Å². The molecule has 0 saturated carbocycles. The Morgan fingerprint density at radius 1 is 0.333 bits per heavy atom. The number of fused-ring (bicyclic) bond motifs is 1. The maximum absolute atomic E-state index is 2.45. The minimum Gasteiger partial charge on any atom is -0.0622 e. The first-order valence-corrected chi connectivity index (χ1v) is 17.6. The second-order valence-electron chi connectivity index (χ2n) is 11.3. The lowest BCUT2D eigenvalue weighted by molar-refractivity contribution is 0.524. The summed E-state index contributed by atoms with van der Waals surface area (Å²) in [4.78, 5) is 0. The minimum absolute atomic E-state index is 0.419. The van der Waals surface area contributed by atoms with Crippen LogP contribution < -0.4 is 31.8 Å². The molecule has 0 aliphatic heterocycles. The van der Waals surface area contributed by atoms with Gasteiger partial charge in [0.1, 0.15) is 0 Å². The first-order chi connectivity index (χ1) is 20.9. The molecule has 0 nitrogen and oxygen atoms in total. The van der Waals surface area contributed by atoms with E-state index in [0.717, 1.165) is 0 Å². The van der Waals surface area contributed by atoms with Crippen molar-refractivity contribution in [2.45, 2.75) is 24.7 Å². The molecular formula is C40H32P2. The topological polar surface area (TPSA) is 0 Å². The molecule has 0 atom stereocenters. The Morgan fingerprint density at radius 3 is 1.02 bits per heavy atom. The zero-order valence-electron chi connectivity index (χ0n) is 23.5. The summed E-state index contributed by atoms with van der Waals surface area (Å²) in [6, 6.07) is 59.3. The molecule has 0 saturated heterocycles. The van der Waals surface area contributed by atoms with Gasteiger partial charge in [-0.25, -0.2) is 0 Å². The molecule has 9 rings (SSSR count). The first kappa shape index (κ1) is 25.9. The van der Waals surface area contributed by atoms with Crippen molar-refractivity contribution in [2.24, 2.45) is 0 Å². The van der Waals surface area contributed by atoms with Gasteiger partial charge >= 0.3 is 0 Å². The minimum atomic E-state index is -0.669. The largest absolute Gasteiger partial charge is 0.0622 e. The van der Waals surface area contributed by atoms with Gasteiger partial charge in [0.25, 0.3) is 0 Å². The van der Waals surface area contributed by atoms with E-state index < -0.39 is 15.8 Å². The SMILES string of the molecule is c1ccc(P(c2ccccc2)c2cccc3c2C2CCC3c3cccc(P(c4ccccc4)c4ccccc4)c32)cc1. The van der Waals surface area contributed by atoms with E-state index in [-0.39, 0.29) is 0 Å². The highest BCUT2D eigenvalue weighted by Gasteiger charge is 2.42.